The summed E-state index contributed by atoms with van der Waals surface area (Å²) in [5.41, 5.74) is 4.61. The number of aromatic nitrogens is 3. The number of unbranched alkanes of at least 4 members (excludes halogenated alkanes) is 1. The van der Waals surface area contributed by atoms with E-state index in [0.29, 0.717) is 0 Å². The average molecular weight is 305 g/mol. The topological polar surface area (TPSA) is 58.9 Å². The summed E-state index contributed by atoms with van der Waals surface area (Å²) in [5.74, 6) is 0. The summed E-state index contributed by atoms with van der Waals surface area (Å²) in [6.45, 7) is 0.227. The van der Waals surface area contributed by atoms with Crippen LogP contribution in [0.2, 0.25) is 0 Å². The zero-order valence-corrected chi connectivity index (χ0v) is 12.9. The quantitative estimate of drug-likeness (QED) is 0.708. The number of aryl methyl sites for hydroxylation is 1. The van der Waals surface area contributed by atoms with E-state index in [1.54, 1.807) is 12.4 Å². The number of rotatable bonds is 6. The predicted octanol–water partition coefficient (Wildman–Crippen LogP) is 3.52. The summed E-state index contributed by atoms with van der Waals surface area (Å²) in [6.07, 6.45) is 6.21. The molecule has 116 valence electrons. The Morgan fingerprint density at radius 2 is 1.35 bits per heavy atom. The lowest BCUT2D eigenvalue weighted by Gasteiger charge is -2.08. The first-order valence-corrected chi connectivity index (χ1v) is 7.81. The van der Waals surface area contributed by atoms with Gasteiger partial charge in [-0.15, -0.1) is 0 Å². The molecule has 3 heterocycles. The van der Waals surface area contributed by atoms with Crippen molar-refractivity contribution in [2.45, 2.75) is 19.3 Å². The van der Waals surface area contributed by atoms with Crippen molar-refractivity contribution in [2.24, 2.45) is 0 Å². The van der Waals surface area contributed by atoms with E-state index in [1.807, 2.05) is 36.4 Å². The van der Waals surface area contributed by atoms with E-state index in [0.717, 1.165) is 42.0 Å². The van der Waals surface area contributed by atoms with Crippen LogP contribution in [0.15, 0.2) is 60.9 Å². The molecule has 0 amide bonds. The van der Waals surface area contributed by atoms with Crippen LogP contribution in [-0.2, 0) is 6.42 Å². The van der Waals surface area contributed by atoms with Crippen LogP contribution in [0.4, 0.5) is 0 Å². The summed E-state index contributed by atoms with van der Waals surface area (Å²) in [7, 11) is 0. The zero-order chi connectivity index (χ0) is 15.9. The monoisotopic (exact) mass is 305 g/mol. The molecule has 0 unspecified atom stereocenters. The van der Waals surface area contributed by atoms with E-state index in [1.165, 1.54) is 5.56 Å². The van der Waals surface area contributed by atoms with E-state index in [9.17, 15) is 0 Å². The number of hydrogen-bond donors (Lipinski definition) is 1. The first kappa shape index (κ1) is 15.3. The van der Waals surface area contributed by atoms with E-state index in [4.69, 9.17) is 10.1 Å². The van der Waals surface area contributed by atoms with Crippen LogP contribution >= 0.6 is 0 Å². The van der Waals surface area contributed by atoms with E-state index in [2.05, 4.69) is 22.1 Å². The van der Waals surface area contributed by atoms with E-state index < -0.39 is 0 Å². The molecule has 0 saturated heterocycles. The third-order valence-electron chi connectivity index (χ3n) is 3.61. The molecular weight excluding hydrogens is 286 g/mol. The molecular formula is C19H19N3O. The molecule has 3 rings (SSSR count). The first-order chi connectivity index (χ1) is 11.4. The van der Waals surface area contributed by atoms with E-state index >= 15 is 0 Å². The van der Waals surface area contributed by atoms with Crippen LogP contribution in [0.1, 0.15) is 18.4 Å². The van der Waals surface area contributed by atoms with Crippen molar-refractivity contribution >= 4 is 0 Å². The normalized spacial score (nSPS) is 10.7. The Hall–Kier alpha value is -2.59. The minimum absolute atomic E-state index is 0.227. The molecule has 0 atom stereocenters. The molecule has 0 fully saturated rings. The van der Waals surface area contributed by atoms with Crippen LogP contribution in [-0.4, -0.2) is 26.7 Å². The maximum atomic E-state index is 8.98. The highest BCUT2D eigenvalue weighted by molar-refractivity contribution is 5.63. The lowest BCUT2D eigenvalue weighted by molar-refractivity contribution is 0.284. The van der Waals surface area contributed by atoms with Crippen molar-refractivity contribution in [3.05, 3.63) is 66.5 Å². The Kier molecular flexibility index (Phi) is 5.06. The van der Waals surface area contributed by atoms with Crippen molar-refractivity contribution in [3.8, 4) is 22.8 Å². The van der Waals surface area contributed by atoms with Gasteiger partial charge in [-0.3, -0.25) is 9.97 Å². The van der Waals surface area contributed by atoms with Gasteiger partial charge in [0.05, 0.1) is 22.8 Å². The SMILES string of the molecule is OCCCCc1cc(-c2ccccn2)nc(-c2ccccn2)c1. The van der Waals surface area contributed by atoms with Gasteiger partial charge < -0.3 is 5.11 Å². The third kappa shape index (κ3) is 3.99. The van der Waals surface area contributed by atoms with Gasteiger partial charge in [0.15, 0.2) is 0 Å². The predicted molar refractivity (Wildman–Crippen MR) is 90.7 cm³/mol. The molecule has 0 aromatic carbocycles. The first-order valence-electron chi connectivity index (χ1n) is 7.81. The molecule has 0 aliphatic carbocycles. The van der Waals surface area contributed by atoms with Gasteiger partial charge in [0, 0.05) is 19.0 Å². The molecule has 0 aliphatic rings. The standard InChI is InChI=1S/C19H19N3O/c23-12-6-3-7-15-13-18(16-8-1-4-10-20-16)22-19(14-15)17-9-2-5-11-21-17/h1-2,4-5,8-11,13-14,23H,3,6-7,12H2. The molecule has 0 bridgehead atoms. The van der Waals surface area contributed by atoms with Gasteiger partial charge in [-0.05, 0) is 61.2 Å². The highest BCUT2D eigenvalue weighted by atomic mass is 16.2. The Morgan fingerprint density at radius 1 is 0.739 bits per heavy atom. The van der Waals surface area contributed by atoms with Crippen LogP contribution in [0, 0.1) is 0 Å². The van der Waals surface area contributed by atoms with Crippen LogP contribution < -0.4 is 0 Å². The van der Waals surface area contributed by atoms with Gasteiger partial charge in [-0.2, -0.15) is 0 Å². The fraction of sp³-hybridized carbons (Fsp3) is 0.211. The number of nitrogens with zero attached hydrogens (tertiary/aromatic N) is 3. The van der Waals surface area contributed by atoms with Crippen molar-refractivity contribution in [1.29, 1.82) is 0 Å². The highest BCUT2D eigenvalue weighted by Crippen LogP contribution is 2.23. The second-order valence-corrected chi connectivity index (χ2v) is 5.36. The third-order valence-corrected chi connectivity index (χ3v) is 3.61. The van der Waals surface area contributed by atoms with Crippen molar-refractivity contribution in [3.63, 3.8) is 0 Å². The minimum Gasteiger partial charge on any atom is -0.396 e. The minimum atomic E-state index is 0.227. The van der Waals surface area contributed by atoms with Gasteiger partial charge in [-0.1, -0.05) is 12.1 Å². The lowest BCUT2D eigenvalue weighted by atomic mass is 10.0. The van der Waals surface area contributed by atoms with Crippen LogP contribution in [0.3, 0.4) is 0 Å². The Balaban J connectivity index is 2.00. The van der Waals surface area contributed by atoms with Gasteiger partial charge in [0.25, 0.3) is 0 Å². The van der Waals surface area contributed by atoms with Gasteiger partial charge >= 0.3 is 0 Å². The molecule has 0 spiro atoms. The Labute approximate surface area is 135 Å². The summed E-state index contributed by atoms with van der Waals surface area (Å²) in [4.78, 5) is 13.5. The molecule has 1 N–H and O–H groups in total. The van der Waals surface area contributed by atoms with Gasteiger partial charge in [-0.25, -0.2) is 4.98 Å². The smallest absolute Gasteiger partial charge is 0.0897 e. The fourth-order valence-electron chi connectivity index (χ4n) is 2.46. The maximum Gasteiger partial charge on any atom is 0.0897 e. The average Bonchev–Trinajstić information content (AvgIpc) is 2.63. The second-order valence-electron chi connectivity index (χ2n) is 5.36. The largest absolute Gasteiger partial charge is 0.396 e. The maximum absolute atomic E-state index is 8.98. The molecule has 0 saturated carbocycles. The number of aliphatic hydroxyl groups is 1. The van der Waals surface area contributed by atoms with Gasteiger partial charge in [0.1, 0.15) is 0 Å². The molecule has 0 radical (unpaired) electrons. The number of pyridine rings is 3. The number of hydrogen-bond acceptors (Lipinski definition) is 4. The number of aliphatic hydroxyl groups excluding tert-OH is 1. The zero-order valence-electron chi connectivity index (χ0n) is 12.9. The highest BCUT2D eigenvalue weighted by Gasteiger charge is 2.08. The Morgan fingerprint density at radius 3 is 1.83 bits per heavy atom. The summed E-state index contributed by atoms with van der Waals surface area (Å²) in [5, 5.41) is 8.98. The second kappa shape index (κ2) is 7.61. The van der Waals surface area contributed by atoms with E-state index in [-0.39, 0.29) is 6.61 Å². The fourth-order valence-corrected chi connectivity index (χ4v) is 2.46. The van der Waals surface area contributed by atoms with Crippen molar-refractivity contribution < 1.29 is 5.11 Å². The molecule has 3 aromatic rings. The summed E-state index contributed by atoms with van der Waals surface area (Å²) in [6, 6.07) is 15.8. The van der Waals surface area contributed by atoms with Crippen molar-refractivity contribution in [2.75, 3.05) is 6.61 Å². The summed E-state index contributed by atoms with van der Waals surface area (Å²) < 4.78 is 0. The van der Waals surface area contributed by atoms with Crippen LogP contribution in [0.25, 0.3) is 22.8 Å². The Bertz CT molecular complexity index is 687. The molecule has 4 nitrogen and oxygen atoms in total. The molecule has 3 aromatic heterocycles. The molecule has 4 heteroatoms. The molecule has 23 heavy (non-hydrogen) atoms. The molecule has 0 aliphatic heterocycles. The summed E-state index contributed by atoms with van der Waals surface area (Å²) >= 11 is 0. The van der Waals surface area contributed by atoms with Crippen molar-refractivity contribution in [1.82, 2.24) is 15.0 Å². The van der Waals surface area contributed by atoms with Crippen LogP contribution in [0.5, 0.6) is 0 Å². The van der Waals surface area contributed by atoms with Gasteiger partial charge in [0.2, 0.25) is 0 Å². The lowest BCUT2D eigenvalue weighted by Crippen LogP contribution is -1.96.